The molecule has 0 aromatic heterocycles. The highest BCUT2D eigenvalue weighted by Crippen LogP contribution is 2.33. The number of hydrogen-bond acceptors (Lipinski definition) is 8. The zero-order valence-corrected chi connectivity index (χ0v) is 27.4. The minimum absolute atomic E-state index is 0.362. The Morgan fingerprint density at radius 3 is 1.23 bits per heavy atom. The zero-order valence-electron chi connectivity index (χ0n) is 27.4. The molecule has 252 valence electrons. The van der Waals surface area contributed by atoms with E-state index in [0.29, 0.717) is 71.3 Å². The lowest BCUT2D eigenvalue weighted by Crippen LogP contribution is -2.10. The van der Waals surface area contributed by atoms with E-state index in [1.807, 2.05) is 12.1 Å². The Morgan fingerprint density at radius 1 is 0.479 bits per heavy atom. The number of fused-ring (bicyclic) bond motifs is 1. The first-order valence-corrected chi connectivity index (χ1v) is 16.5. The summed E-state index contributed by atoms with van der Waals surface area (Å²) in [6, 6.07) is 24.4. The number of benzene rings is 4. The zero-order chi connectivity index (χ0) is 33.8. The third kappa shape index (κ3) is 11.5. The van der Waals surface area contributed by atoms with E-state index in [2.05, 4.69) is 13.2 Å². The second-order valence-electron chi connectivity index (χ2n) is 11.0. The molecule has 0 atom stereocenters. The van der Waals surface area contributed by atoms with Crippen molar-refractivity contribution in [3.63, 3.8) is 0 Å². The van der Waals surface area contributed by atoms with Gasteiger partial charge in [-0.1, -0.05) is 37.4 Å². The molecule has 0 fully saturated rings. The second-order valence-corrected chi connectivity index (χ2v) is 11.0. The molecule has 0 saturated heterocycles. The molecule has 0 aliphatic rings. The minimum atomic E-state index is -0.501. The van der Waals surface area contributed by atoms with Gasteiger partial charge < -0.3 is 28.4 Å². The molecule has 0 aliphatic carbocycles. The standard InChI is InChI=1S/C40H44O8/c1-3-43-27-9-5-7-11-29-45-33-23-19-31(20-24-33)39(41)47-37-17-13-16-36-35(37)15-14-18-38(36)48-40(42)32-21-25-34(26-22-32)46-30-12-8-6-10-28-44-4-2/h3-4,13-26H,1-2,5-12,27-30H2. The summed E-state index contributed by atoms with van der Waals surface area (Å²) in [7, 11) is 0. The van der Waals surface area contributed by atoms with Crippen molar-refractivity contribution in [1.82, 2.24) is 0 Å². The molecule has 0 spiro atoms. The molecule has 0 N–H and O–H groups in total. The third-order valence-corrected chi connectivity index (χ3v) is 7.51. The lowest BCUT2D eigenvalue weighted by Gasteiger charge is -2.12. The van der Waals surface area contributed by atoms with Crippen LogP contribution in [0.25, 0.3) is 10.8 Å². The maximum absolute atomic E-state index is 13.0. The Bertz CT molecular complexity index is 1470. The van der Waals surface area contributed by atoms with Gasteiger partial charge in [0.05, 0.1) is 50.1 Å². The Hall–Kier alpha value is -5.24. The van der Waals surface area contributed by atoms with E-state index >= 15 is 0 Å². The molecule has 0 aliphatic heterocycles. The quantitative estimate of drug-likeness (QED) is 0.0359. The predicted octanol–water partition coefficient (Wildman–Crippen LogP) is 9.48. The fourth-order valence-corrected chi connectivity index (χ4v) is 4.95. The van der Waals surface area contributed by atoms with Gasteiger partial charge in [0, 0.05) is 10.8 Å². The van der Waals surface area contributed by atoms with E-state index < -0.39 is 11.9 Å². The van der Waals surface area contributed by atoms with E-state index in [4.69, 9.17) is 28.4 Å². The summed E-state index contributed by atoms with van der Waals surface area (Å²) in [6.07, 6.45) is 11.0. The first-order chi connectivity index (χ1) is 23.6. The SMILES string of the molecule is C=COCCCCCCOc1ccc(C(=O)Oc2cccc3c(OC(=O)c4ccc(OCCCCCCOC=C)cc4)cccc23)cc1. The van der Waals surface area contributed by atoms with Gasteiger partial charge in [0.15, 0.2) is 0 Å². The summed E-state index contributed by atoms with van der Waals surface area (Å²) in [5, 5.41) is 1.29. The Balaban J connectivity index is 1.27. The van der Waals surface area contributed by atoms with Crippen molar-refractivity contribution in [3.8, 4) is 23.0 Å². The van der Waals surface area contributed by atoms with Crippen LogP contribution in [0.15, 0.2) is 111 Å². The summed E-state index contributed by atoms with van der Waals surface area (Å²) in [4.78, 5) is 26.0. The molecule has 0 unspecified atom stereocenters. The largest absolute Gasteiger partial charge is 0.502 e. The smallest absolute Gasteiger partial charge is 0.343 e. The average molecular weight is 653 g/mol. The molecule has 4 aromatic rings. The predicted molar refractivity (Wildman–Crippen MR) is 187 cm³/mol. The van der Waals surface area contributed by atoms with Crippen molar-refractivity contribution >= 4 is 22.7 Å². The molecule has 4 rings (SSSR count). The third-order valence-electron chi connectivity index (χ3n) is 7.51. The van der Waals surface area contributed by atoms with Crippen LogP contribution in [0.4, 0.5) is 0 Å². The fraction of sp³-hybridized carbons (Fsp3) is 0.300. The lowest BCUT2D eigenvalue weighted by atomic mass is 10.1. The second kappa shape index (κ2) is 20.1. The van der Waals surface area contributed by atoms with E-state index in [-0.39, 0.29) is 0 Å². The molecular weight excluding hydrogens is 608 g/mol. The van der Waals surface area contributed by atoms with Crippen LogP contribution >= 0.6 is 0 Å². The van der Waals surface area contributed by atoms with Gasteiger partial charge in [0.25, 0.3) is 0 Å². The first kappa shape index (κ1) is 35.6. The molecule has 0 amide bonds. The normalized spacial score (nSPS) is 10.6. The number of rotatable bonds is 22. The van der Waals surface area contributed by atoms with Gasteiger partial charge in [0.1, 0.15) is 23.0 Å². The molecule has 0 heterocycles. The number of esters is 2. The fourth-order valence-electron chi connectivity index (χ4n) is 4.95. The van der Waals surface area contributed by atoms with Crippen LogP contribution in [-0.4, -0.2) is 38.4 Å². The molecular formula is C40H44O8. The van der Waals surface area contributed by atoms with Crippen LogP contribution in [0.3, 0.4) is 0 Å². The van der Waals surface area contributed by atoms with Crippen molar-refractivity contribution in [2.45, 2.75) is 51.4 Å². The summed E-state index contributed by atoms with van der Waals surface area (Å²) >= 11 is 0. The Morgan fingerprint density at radius 2 is 0.854 bits per heavy atom. The minimum Gasteiger partial charge on any atom is -0.502 e. The number of ether oxygens (including phenoxy) is 6. The average Bonchev–Trinajstić information content (AvgIpc) is 3.11. The Labute approximate surface area is 282 Å². The molecule has 0 saturated carbocycles. The van der Waals surface area contributed by atoms with E-state index in [1.54, 1.807) is 72.8 Å². The van der Waals surface area contributed by atoms with E-state index in [1.165, 1.54) is 12.5 Å². The van der Waals surface area contributed by atoms with E-state index in [0.717, 1.165) is 51.4 Å². The highest BCUT2D eigenvalue weighted by Gasteiger charge is 2.15. The van der Waals surface area contributed by atoms with Crippen molar-refractivity contribution < 1.29 is 38.0 Å². The number of unbranched alkanes of at least 4 members (excludes halogenated alkanes) is 6. The topological polar surface area (TPSA) is 89.5 Å². The van der Waals surface area contributed by atoms with Gasteiger partial charge in [-0.25, -0.2) is 9.59 Å². The molecule has 0 bridgehead atoms. The summed E-state index contributed by atoms with van der Waals surface area (Å²) in [6.45, 7) is 9.65. The van der Waals surface area contributed by atoms with Gasteiger partial charge in [0.2, 0.25) is 0 Å². The van der Waals surface area contributed by atoms with Gasteiger partial charge >= 0.3 is 11.9 Å². The van der Waals surface area contributed by atoms with Crippen molar-refractivity contribution in [2.75, 3.05) is 26.4 Å². The summed E-state index contributed by atoms with van der Waals surface area (Å²) in [5.41, 5.74) is 0.789. The van der Waals surface area contributed by atoms with Crippen molar-refractivity contribution in [3.05, 3.63) is 122 Å². The van der Waals surface area contributed by atoms with Crippen LogP contribution in [-0.2, 0) is 9.47 Å². The molecule has 48 heavy (non-hydrogen) atoms. The summed E-state index contributed by atoms with van der Waals surface area (Å²) in [5.74, 6) is 1.11. The number of carbonyl (C=O) groups excluding carboxylic acids is 2. The highest BCUT2D eigenvalue weighted by atomic mass is 16.5. The van der Waals surface area contributed by atoms with Crippen LogP contribution in [0, 0.1) is 0 Å². The highest BCUT2D eigenvalue weighted by molar-refractivity contribution is 5.99. The monoisotopic (exact) mass is 652 g/mol. The molecule has 8 heteroatoms. The van der Waals surface area contributed by atoms with Gasteiger partial charge in [-0.3, -0.25) is 0 Å². The molecule has 0 radical (unpaired) electrons. The number of hydrogen-bond donors (Lipinski definition) is 0. The van der Waals surface area contributed by atoms with Crippen LogP contribution in [0.1, 0.15) is 72.1 Å². The molecule has 4 aromatic carbocycles. The Kier molecular flexibility index (Phi) is 14.9. The van der Waals surface area contributed by atoms with Crippen molar-refractivity contribution in [1.29, 1.82) is 0 Å². The molecule has 8 nitrogen and oxygen atoms in total. The summed E-state index contributed by atoms with van der Waals surface area (Å²) < 4.78 is 33.4. The maximum Gasteiger partial charge on any atom is 0.343 e. The first-order valence-electron chi connectivity index (χ1n) is 16.5. The van der Waals surface area contributed by atoms with Crippen LogP contribution in [0.5, 0.6) is 23.0 Å². The number of carbonyl (C=O) groups is 2. The van der Waals surface area contributed by atoms with E-state index in [9.17, 15) is 9.59 Å². The maximum atomic E-state index is 13.0. The van der Waals surface area contributed by atoms with Crippen molar-refractivity contribution in [2.24, 2.45) is 0 Å². The van der Waals surface area contributed by atoms with Gasteiger partial charge in [-0.2, -0.15) is 0 Å². The lowest BCUT2D eigenvalue weighted by molar-refractivity contribution is 0.0725. The van der Waals surface area contributed by atoms with Crippen LogP contribution in [0.2, 0.25) is 0 Å². The van der Waals surface area contributed by atoms with Gasteiger partial charge in [-0.15, -0.1) is 0 Å². The van der Waals surface area contributed by atoms with Gasteiger partial charge in [-0.05, 0) is 112 Å². The van der Waals surface area contributed by atoms with Crippen LogP contribution < -0.4 is 18.9 Å².